The minimum atomic E-state index is -4.63. The molecule has 224 valence electrons. The van der Waals surface area contributed by atoms with Crippen molar-refractivity contribution >= 4 is 33.1 Å². The molecule has 4 rings (SSSR count). The molecule has 9 nitrogen and oxygen atoms in total. The molecular weight excluding hydrogens is 577 g/mol. The third kappa shape index (κ3) is 7.46. The van der Waals surface area contributed by atoms with Gasteiger partial charge < -0.3 is 19.1 Å². The van der Waals surface area contributed by atoms with Gasteiger partial charge in [0.15, 0.2) is 12.6 Å². The number of ketones is 1. The van der Waals surface area contributed by atoms with Crippen molar-refractivity contribution in [3.63, 3.8) is 0 Å². The lowest BCUT2D eigenvalue weighted by Crippen LogP contribution is -2.37. The Morgan fingerprint density at radius 3 is 2.45 bits per heavy atom. The van der Waals surface area contributed by atoms with Gasteiger partial charge in [-0.1, -0.05) is 12.1 Å². The number of amides is 1. The molecule has 1 heterocycles. The molecule has 3 aromatic carbocycles. The Kier molecular flexibility index (Phi) is 9.24. The van der Waals surface area contributed by atoms with E-state index in [-0.39, 0.29) is 48.4 Å². The van der Waals surface area contributed by atoms with Crippen molar-refractivity contribution in [2.24, 2.45) is 0 Å². The maximum absolute atomic E-state index is 13.5. The number of benzene rings is 3. The van der Waals surface area contributed by atoms with Gasteiger partial charge in [0, 0.05) is 30.5 Å². The molecule has 0 aromatic heterocycles. The Morgan fingerprint density at radius 2 is 1.79 bits per heavy atom. The summed E-state index contributed by atoms with van der Waals surface area (Å²) >= 11 is 0. The monoisotopic (exact) mass is 606 g/mol. The quantitative estimate of drug-likeness (QED) is 0.183. The predicted molar refractivity (Wildman–Crippen MR) is 150 cm³/mol. The summed E-state index contributed by atoms with van der Waals surface area (Å²) in [6.07, 6.45) is -3.26. The van der Waals surface area contributed by atoms with E-state index in [2.05, 4.69) is 4.72 Å². The molecule has 13 heteroatoms. The summed E-state index contributed by atoms with van der Waals surface area (Å²) in [6.45, 7) is 1.91. The first-order valence-corrected chi connectivity index (χ1v) is 14.7. The van der Waals surface area contributed by atoms with Gasteiger partial charge in [-0.2, -0.15) is 13.2 Å². The van der Waals surface area contributed by atoms with Crippen LogP contribution in [-0.4, -0.2) is 60.0 Å². The molecule has 0 spiro atoms. The molecule has 0 saturated carbocycles. The second kappa shape index (κ2) is 12.5. The number of halogens is 3. The highest BCUT2D eigenvalue weighted by Crippen LogP contribution is 2.36. The zero-order valence-electron chi connectivity index (χ0n) is 23.1. The standard InChI is InChI=1S/C29H29F3N2O7S/c1-18(35)21-13-22(15-23(14-21)29(30,31)32)19-4-6-25-20(12-19)8-9-34(28(25)36)24-5-7-27(41-17-40-11-10-39-2)26(16-24)33-42(3,37)38/h4-7,12-16,33H,8-11,17H2,1-3H3. The topological polar surface area (TPSA) is 111 Å². The first kappa shape index (κ1) is 31.0. The molecule has 1 aliphatic heterocycles. The van der Waals surface area contributed by atoms with Gasteiger partial charge >= 0.3 is 6.18 Å². The number of carbonyl (C=O) groups is 2. The fourth-order valence-corrected chi connectivity index (χ4v) is 5.03. The van der Waals surface area contributed by atoms with Gasteiger partial charge in [-0.15, -0.1) is 0 Å². The summed E-state index contributed by atoms with van der Waals surface area (Å²) < 4.78 is 82.6. The minimum absolute atomic E-state index is 0.0627. The van der Waals surface area contributed by atoms with Crippen molar-refractivity contribution in [1.29, 1.82) is 0 Å². The molecule has 0 saturated heterocycles. The highest BCUT2D eigenvalue weighted by atomic mass is 32.2. The summed E-state index contributed by atoms with van der Waals surface area (Å²) in [7, 11) is -2.16. The normalized spacial score (nSPS) is 13.6. The van der Waals surface area contributed by atoms with Crippen LogP contribution in [0.5, 0.6) is 5.75 Å². The van der Waals surface area contributed by atoms with E-state index in [0.29, 0.717) is 35.4 Å². The molecule has 0 radical (unpaired) electrons. The van der Waals surface area contributed by atoms with Gasteiger partial charge in [-0.3, -0.25) is 14.3 Å². The Labute approximate surface area is 241 Å². The molecular formula is C29H29F3N2O7S. The zero-order valence-corrected chi connectivity index (χ0v) is 23.9. The van der Waals surface area contributed by atoms with E-state index in [1.165, 1.54) is 49.3 Å². The zero-order chi connectivity index (χ0) is 30.7. The molecule has 0 unspecified atom stereocenters. The highest BCUT2D eigenvalue weighted by Gasteiger charge is 2.32. The number of rotatable bonds is 11. The molecule has 42 heavy (non-hydrogen) atoms. The van der Waals surface area contributed by atoms with Crippen molar-refractivity contribution < 1.29 is 45.4 Å². The average Bonchev–Trinajstić information content (AvgIpc) is 2.92. The first-order chi connectivity index (χ1) is 19.8. The number of hydrogen-bond donors (Lipinski definition) is 1. The van der Waals surface area contributed by atoms with Crippen LogP contribution in [0, 0.1) is 0 Å². The number of methoxy groups -OCH3 is 1. The smallest absolute Gasteiger partial charge is 0.416 e. The lowest BCUT2D eigenvalue weighted by Gasteiger charge is -2.29. The van der Waals surface area contributed by atoms with Gasteiger partial charge in [-0.05, 0) is 72.5 Å². The second-order valence-electron chi connectivity index (χ2n) is 9.65. The van der Waals surface area contributed by atoms with Gasteiger partial charge in [0.1, 0.15) is 5.75 Å². The summed E-state index contributed by atoms with van der Waals surface area (Å²) in [5, 5.41) is 0. The molecule has 3 aromatic rings. The van der Waals surface area contributed by atoms with Gasteiger partial charge in [0.2, 0.25) is 10.0 Å². The van der Waals surface area contributed by atoms with Gasteiger partial charge in [0.05, 0.1) is 30.7 Å². The Hall–Kier alpha value is -3.94. The minimum Gasteiger partial charge on any atom is -0.465 e. The van der Waals surface area contributed by atoms with Gasteiger partial charge in [-0.25, -0.2) is 8.42 Å². The number of fused-ring (bicyclic) bond motifs is 1. The Morgan fingerprint density at radius 1 is 1.02 bits per heavy atom. The summed E-state index contributed by atoms with van der Waals surface area (Å²) in [4.78, 5) is 26.8. The largest absolute Gasteiger partial charge is 0.465 e. The lowest BCUT2D eigenvalue weighted by atomic mass is 9.92. The first-order valence-electron chi connectivity index (χ1n) is 12.8. The number of anilines is 2. The van der Waals surface area contributed by atoms with Gasteiger partial charge in [0.25, 0.3) is 5.91 Å². The number of nitrogens with zero attached hydrogens (tertiary/aromatic N) is 1. The van der Waals surface area contributed by atoms with E-state index in [0.717, 1.165) is 18.4 Å². The second-order valence-corrected chi connectivity index (χ2v) is 11.4. The molecule has 0 atom stereocenters. The summed E-state index contributed by atoms with van der Waals surface area (Å²) in [5.74, 6) is -0.661. The van der Waals surface area contributed by atoms with E-state index < -0.39 is 27.5 Å². The lowest BCUT2D eigenvalue weighted by molar-refractivity contribution is -0.137. The molecule has 1 amide bonds. The fraction of sp³-hybridized carbons (Fsp3) is 0.310. The van der Waals surface area contributed by atoms with Crippen LogP contribution in [0.3, 0.4) is 0 Å². The Balaban J connectivity index is 1.62. The number of ether oxygens (including phenoxy) is 3. The number of sulfonamides is 1. The maximum Gasteiger partial charge on any atom is 0.416 e. The number of nitrogens with one attached hydrogen (secondary N) is 1. The summed E-state index contributed by atoms with van der Waals surface area (Å²) in [5.41, 5.74) is 1.18. The number of hydrogen-bond acceptors (Lipinski definition) is 7. The van der Waals surface area contributed by atoms with E-state index in [4.69, 9.17) is 14.2 Å². The van der Waals surface area contributed by atoms with Crippen LogP contribution < -0.4 is 14.4 Å². The highest BCUT2D eigenvalue weighted by molar-refractivity contribution is 7.92. The van der Waals surface area contributed by atoms with Crippen molar-refractivity contribution in [2.45, 2.75) is 19.5 Å². The van der Waals surface area contributed by atoms with Crippen LogP contribution in [0.1, 0.15) is 38.8 Å². The third-order valence-electron chi connectivity index (χ3n) is 6.49. The van der Waals surface area contributed by atoms with Crippen LogP contribution in [-0.2, 0) is 32.1 Å². The van der Waals surface area contributed by atoms with E-state index in [1.807, 2.05) is 0 Å². The number of alkyl halides is 3. The molecule has 0 fully saturated rings. The van der Waals surface area contributed by atoms with Crippen molar-refractivity contribution in [3.05, 3.63) is 76.9 Å². The average molecular weight is 607 g/mol. The van der Waals surface area contributed by atoms with E-state index >= 15 is 0 Å². The number of carbonyl (C=O) groups excluding carboxylic acids is 2. The molecule has 0 aliphatic carbocycles. The molecule has 0 bridgehead atoms. The molecule has 1 N–H and O–H groups in total. The fourth-order valence-electron chi connectivity index (χ4n) is 4.47. The third-order valence-corrected chi connectivity index (χ3v) is 7.08. The maximum atomic E-state index is 13.5. The predicted octanol–water partition coefficient (Wildman–Crippen LogP) is 5.15. The van der Waals surface area contributed by atoms with Crippen molar-refractivity contribution in [1.82, 2.24) is 0 Å². The van der Waals surface area contributed by atoms with Crippen LogP contribution in [0.25, 0.3) is 11.1 Å². The summed E-state index contributed by atoms with van der Waals surface area (Å²) in [6, 6.07) is 12.6. The Bertz CT molecular complexity index is 1610. The molecule has 1 aliphatic rings. The van der Waals surface area contributed by atoms with Crippen LogP contribution in [0.4, 0.5) is 24.5 Å². The van der Waals surface area contributed by atoms with E-state index in [1.54, 1.807) is 12.1 Å². The SMILES string of the molecule is COCCOCOc1ccc(N2CCc3cc(-c4cc(C(C)=O)cc(C(F)(F)F)c4)ccc3C2=O)cc1NS(C)(=O)=O. The van der Waals surface area contributed by atoms with Crippen LogP contribution in [0.15, 0.2) is 54.6 Å². The van der Waals surface area contributed by atoms with Crippen LogP contribution in [0.2, 0.25) is 0 Å². The van der Waals surface area contributed by atoms with Crippen molar-refractivity contribution in [3.8, 4) is 16.9 Å². The van der Waals surface area contributed by atoms with Crippen molar-refractivity contribution in [2.75, 3.05) is 49.5 Å². The number of Topliss-reactive ketones (excluding diaryl/α,β-unsaturated/α-hetero) is 1. The van der Waals surface area contributed by atoms with E-state index in [9.17, 15) is 31.2 Å². The van der Waals surface area contributed by atoms with Crippen LogP contribution >= 0.6 is 0 Å².